The summed E-state index contributed by atoms with van der Waals surface area (Å²) in [6, 6.07) is 0. The predicted octanol–water partition coefficient (Wildman–Crippen LogP) is 3.15. The molecule has 0 heterocycles. The maximum Gasteiger partial charge on any atom is 0.0823 e. The summed E-state index contributed by atoms with van der Waals surface area (Å²) in [4.78, 5) is 4.39. The molecule has 0 aromatic heterocycles. The van der Waals surface area contributed by atoms with Crippen molar-refractivity contribution in [1.29, 1.82) is 5.41 Å². The number of unbranched alkanes of at least 4 members (excludes halogenated alkanes) is 3. The van der Waals surface area contributed by atoms with Crippen molar-refractivity contribution >= 4 is 11.4 Å². The normalized spacial score (nSPS) is 18.1. The van der Waals surface area contributed by atoms with Crippen molar-refractivity contribution in [3.63, 3.8) is 0 Å². The lowest BCUT2D eigenvalue weighted by molar-refractivity contribution is 0.675. The van der Waals surface area contributed by atoms with Gasteiger partial charge in [-0.3, -0.25) is 10.4 Å². The highest BCUT2D eigenvalue weighted by molar-refractivity contribution is 6.49. The molecular formula is C12H18N2. The fourth-order valence-corrected chi connectivity index (χ4v) is 1.35. The van der Waals surface area contributed by atoms with Crippen molar-refractivity contribution < 1.29 is 0 Å². The van der Waals surface area contributed by atoms with Crippen LogP contribution in [0.4, 0.5) is 0 Å². The van der Waals surface area contributed by atoms with Crippen LogP contribution in [-0.4, -0.2) is 18.0 Å². The molecule has 0 saturated carbocycles. The lowest BCUT2D eigenvalue weighted by atomic mass is 10.1. The molecular weight excluding hydrogens is 172 g/mol. The molecule has 76 valence electrons. The molecule has 1 aliphatic rings. The molecule has 0 fully saturated rings. The minimum absolute atomic E-state index is 0.531. The van der Waals surface area contributed by atoms with Gasteiger partial charge >= 0.3 is 0 Å². The van der Waals surface area contributed by atoms with E-state index < -0.39 is 0 Å². The van der Waals surface area contributed by atoms with Gasteiger partial charge in [-0.25, -0.2) is 0 Å². The molecule has 1 N–H and O–H groups in total. The largest absolute Gasteiger partial charge is 0.299 e. The molecule has 14 heavy (non-hydrogen) atoms. The van der Waals surface area contributed by atoms with E-state index in [1.165, 1.54) is 19.3 Å². The molecule has 0 saturated heterocycles. The van der Waals surface area contributed by atoms with Crippen LogP contribution in [-0.2, 0) is 0 Å². The Balaban J connectivity index is 2.27. The van der Waals surface area contributed by atoms with Crippen molar-refractivity contribution in [3.8, 4) is 0 Å². The second-order valence-corrected chi connectivity index (χ2v) is 3.46. The van der Waals surface area contributed by atoms with Crippen LogP contribution in [0.2, 0.25) is 0 Å². The van der Waals surface area contributed by atoms with Crippen LogP contribution in [0.5, 0.6) is 0 Å². The van der Waals surface area contributed by atoms with E-state index in [-0.39, 0.29) is 0 Å². The lowest BCUT2D eigenvalue weighted by Crippen LogP contribution is -2.10. The quantitative estimate of drug-likeness (QED) is 0.510. The standard InChI is InChI=1S/C12H18N2/c1-2-3-4-7-10-14-12-9-6-5-8-11(12)13/h5-6,8-9,13H,2-4,7,10H2,1H3. The maximum atomic E-state index is 7.59. The van der Waals surface area contributed by atoms with Crippen LogP contribution >= 0.6 is 0 Å². The number of hydrogen-bond acceptors (Lipinski definition) is 2. The third kappa shape index (κ3) is 3.69. The molecule has 0 bridgehead atoms. The molecule has 2 nitrogen and oxygen atoms in total. The highest BCUT2D eigenvalue weighted by Crippen LogP contribution is 2.01. The Morgan fingerprint density at radius 3 is 2.64 bits per heavy atom. The van der Waals surface area contributed by atoms with Gasteiger partial charge in [0.15, 0.2) is 0 Å². The number of nitrogens with zero attached hydrogens (tertiary/aromatic N) is 1. The average Bonchev–Trinajstić information content (AvgIpc) is 2.20. The number of nitrogens with one attached hydrogen (secondary N) is 1. The zero-order valence-electron chi connectivity index (χ0n) is 8.79. The molecule has 2 heteroatoms. The first kappa shape index (κ1) is 10.9. The Morgan fingerprint density at radius 2 is 1.93 bits per heavy atom. The van der Waals surface area contributed by atoms with Crippen molar-refractivity contribution in [2.75, 3.05) is 6.54 Å². The molecule has 1 aliphatic carbocycles. The third-order valence-corrected chi connectivity index (χ3v) is 2.20. The topological polar surface area (TPSA) is 36.2 Å². The first-order valence-corrected chi connectivity index (χ1v) is 5.32. The zero-order chi connectivity index (χ0) is 10.2. The predicted molar refractivity (Wildman–Crippen MR) is 62.5 cm³/mol. The van der Waals surface area contributed by atoms with Crippen molar-refractivity contribution in [2.45, 2.75) is 32.6 Å². The summed E-state index contributed by atoms with van der Waals surface area (Å²) in [5, 5.41) is 7.59. The maximum absolute atomic E-state index is 7.59. The summed E-state index contributed by atoms with van der Waals surface area (Å²) < 4.78 is 0. The number of aliphatic imine (C=N–C) groups is 1. The van der Waals surface area contributed by atoms with Crippen molar-refractivity contribution in [2.24, 2.45) is 4.99 Å². The summed E-state index contributed by atoms with van der Waals surface area (Å²) in [6.45, 7) is 3.06. The Labute approximate surface area is 85.9 Å². The van der Waals surface area contributed by atoms with Crippen molar-refractivity contribution in [3.05, 3.63) is 24.3 Å². The monoisotopic (exact) mass is 190 g/mol. The van der Waals surface area contributed by atoms with E-state index in [2.05, 4.69) is 11.9 Å². The van der Waals surface area contributed by atoms with Crippen LogP contribution in [0.1, 0.15) is 32.6 Å². The van der Waals surface area contributed by atoms with E-state index >= 15 is 0 Å². The molecule has 1 rings (SSSR count). The smallest absolute Gasteiger partial charge is 0.0823 e. The minimum Gasteiger partial charge on any atom is -0.299 e. The second-order valence-electron chi connectivity index (χ2n) is 3.46. The molecule has 0 aliphatic heterocycles. The Bertz CT molecular complexity index is 272. The Kier molecular flexibility index (Phi) is 4.90. The van der Waals surface area contributed by atoms with E-state index in [0.29, 0.717) is 5.71 Å². The highest BCUT2D eigenvalue weighted by atomic mass is 14.7. The van der Waals surface area contributed by atoms with Crippen LogP contribution in [0.3, 0.4) is 0 Å². The SMILES string of the molecule is CCCCCCN=C1C=CC=CC1=N. The third-order valence-electron chi connectivity index (χ3n) is 2.20. The van der Waals surface area contributed by atoms with Crippen LogP contribution in [0, 0.1) is 5.41 Å². The summed E-state index contributed by atoms with van der Waals surface area (Å²) >= 11 is 0. The van der Waals surface area contributed by atoms with Crippen LogP contribution in [0.15, 0.2) is 29.3 Å². The molecule has 0 radical (unpaired) electrons. The lowest BCUT2D eigenvalue weighted by Gasteiger charge is -2.02. The van der Waals surface area contributed by atoms with Gasteiger partial charge in [-0.05, 0) is 18.6 Å². The zero-order valence-corrected chi connectivity index (χ0v) is 8.79. The van der Waals surface area contributed by atoms with Gasteiger partial charge in [0, 0.05) is 6.54 Å². The molecule has 0 atom stereocenters. The van der Waals surface area contributed by atoms with Crippen LogP contribution in [0.25, 0.3) is 0 Å². The molecule has 0 aromatic carbocycles. The number of rotatable bonds is 5. The highest BCUT2D eigenvalue weighted by Gasteiger charge is 2.01. The van der Waals surface area contributed by atoms with Gasteiger partial charge in [-0.1, -0.05) is 38.3 Å². The van der Waals surface area contributed by atoms with E-state index in [9.17, 15) is 0 Å². The van der Waals surface area contributed by atoms with E-state index in [0.717, 1.165) is 18.7 Å². The summed E-state index contributed by atoms with van der Waals surface area (Å²) in [7, 11) is 0. The van der Waals surface area contributed by atoms with E-state index in [1.807, 2.05) is 18.2 Å². The summed E-state index contributed by atoms with van der Waals surface area (Å²) in [5.41, 5.74) is 1.35. The fourth-order valence-electron chi connectivity index (χ4n) is 1.35. The molecule has 0 spiro atoms. The van der Waals surface area contributed by atoms with Gasteiger partial charge in [-0.15, -0.1) is 0 Å². The average molecular weight is 190 g/mol. The van der Waals surface area contributed by atoms with Gasteiger partial charge in [-0.2, -0.15) is 0 Å². The van der Waals surface area contributed by atoms with E-state index in [4.69, 9.17) is 5.41 Å². The Morgan fingerprint density at radius 1 is 1.14 bits per heavy atom. The van der Waals surface area contributed by atoms with Gasteiger partial charge in [0.25, 0.3) is 0 Å². The fraction of sp³-hybridized carbons (Fsp3) is 0.500. The number of allylic oxidation sites excluding steroid dienone is 4. The molecule has 0 aromatic rings. The summed E-state index contributed by atoms with van der Waals surface area (Å²) in [5.74, 6) is 0. The second kappa shape index (κ2) is 6.30. The van der Waals surface area contributed by atoms with E-state index in [1.54, 1.807) is 6.08 Å². The summed E-state index contributed by atoms with van der Waals surface area (Å²) in [6.07, 6.45) is 12.4. The van der Waals surface area contributed by atoms with Crippen LogP contribution < -0.4 is 0 Å². The van der Waals surface area contributed by atoms with Gasteiger partial charge in [0.2, 0.25) is 0 Å². The number of hydrogen-bond donors (Lipinski definition) is 1. The minimum atomic E-state index is 0.531. The molecule has 0 amide bonds. The Hall–Kier alpha value is -1.18. The van der Waals surface area contributed by atoms with Crippen molar-refractivity contribution in [1.82, 2.24) is 0 Å². The van der Waals surface area contributed by atoms with Gasteiger partial charge in [0.05, 0.1) is 11.4 Å². The first-order chi connectivity index (χ1) is 6.84. The van der Waals surface area contributed by atoms with Gasteiger partial charge < -0.3 is 0 Å². The first-order valence-electron chi connectivity index (χ1n) is 5.32. The van der Waals surface area contributed by atoms with Gasteiger partial charge in [0.1, 0.15) is 0 Å². The molecule has 0 unspecified atom stereocenters.